The average molecular weight is 281 g/mol. The van der Waals surface area contributed by atoms with Crippen LogP contribution in [-0.4, -0.2) is 15.4 Å². The van der Waals surface area contributed by atoms with Gasteiger partial charge in [-0.15, -0.1) is 0 Å². The number of rotatable bonds is 5. The van der Waals surface area contributed by atoms with Gasteiger partial charge in [-0.25, -0.2) is 0 Å². The summed E-state index contributed by atoms with van der Waals surface area (Å²) in [5.74, 6) is 1.44. The second kappa shape index (κ2) is 5.73. The van der Waals surface area contributed by atoms with E-state index in [-0.39, 0.29) is 11.6 Å². The zero-order valence-corrected chi connectivity index (χ0v) is 13.6. The average Bonchev–Trinajstić information content (AvgIpc) is 2.29. The number of methoxy groups -OCH3 is 1. The Labute approximate surface area is 116 Å². The highest BCUT2D eigenvalue weighted by Gasteiger charge is 2.39. The van der Waals surface area contributed by atoms with Crippen LogP contribution in [0.5, 0.6) is 11.5 Å². The fourth-order valence-corrected chi connectivity index (χ4v) is 2.46. The van der Waals surface area contributed by atoms with E-state index in [0.29, 0.717) is 5.75 Å². The number of hydrogen-bond donors (Lipinski definition) is 0. The molecular weight excluding hydrogens is 258 g/mol. The molecule has 0 N–H and O–H groups in total. The lowest BCUT2D eigenvalue weighted by molar-refractivity contribution is 0.405. The maximum atomic E-state index is 10.4. The van der Waals surface area contributed by atoms with Crippen LogP contribution in [0, 0.1) is 4.91 Å². The SMILES string of the molecule is COc1cc(O[Si](C)(C)C(C)(C)C)ccc1CN=O. The first-order valence-electron chi connectivity index (χ1n) is 6.36. The molecule has 1 rings (SSSR count). The maximum absolute atomic E-state index is 10.4. The molecule has 5 heteroatoms. The van der Waals surface area contributed by atoms with Crippen LogP contribution in [0.25, 0.3) is 0 Å². The lowest BCUT2D eigenvalue weighted by atomic mass is 10.2. The molecule has 19 heavy (non-hydrogen) atoms. The van der Waals surface area contributed by atoms with Gasteiger partial charge in [0, 0.05) is 11.6 Å². The van der Waals surface area contributed by atoms with Gasteiger partial charge in [0.05, 0.1) is 7.11 Å². The van der Waals surface area contributed by atoms with Crippen molar-refractivity contribution in [3.63, 3.8) is 0 Å². The summed E-state index contributed by atoms with van der Waals surface area (Å²) in [5.41, 5.74) is 0.778. The monoisotopic (exact) mass is 281 g/mol. The van der Waals surface area contributed by atoms with E-state index in [0.717, 1.165) is 11.3 Å². The quantitative estimate of drug-likeness (QED) is 0.595. The molecule has 0 atom stereocenters. The van der Waals surface area contributed by atoms with Gasteiger partial charge in [0.15, 0.2) is 0 Å². The molecule has 1 aromatic carbocycles. The van der Waals surface area contributed by atoms with Crippen LogP contribution in [-0.2, 0) is 6.54 Å². The summed E-state index contributed by atoms with van der Waals surface area (Å²) in [6, 6.07) is 5.55. The van der Waals surface area contributed by atoms with Gasteiger partial charge in [0.2, 0.25) is 8.32 Å². The van der Waals surface area contributed by atoms with Crippen molar-refractivity contribution in [3.05, 3.63) is 28.7 Å². The summed E-state index contributed by atoms with van der Waals surface area (Å²) in [4.78, 5) is 10.4. The van der Waals surface area contributed by atoms with E-state index in [9.17, 15) is 4.91 Å². The molecule has 0 heterocycles. The van der Waals surface area contributed by atoms with E-state index in [1.54, 1.807) is 7.11 Å². The zero-order chi connectivity index (χ0) is 14.7. The van der Waals surface area contributed by atoms with E-state index in [4.69, 9.17) is 9.16 Å². The molecule has 0 unspecified atom stereocenters. The highest BCUT2D eigenvalue weighted by Crippen LogP contribution is 2.38. The van der Waals surface area contributed by atoms with Crippen molar-refractivity contribution in [2.45, 2.75) is 45.4 Å². The molecule has 0 bridgehead atoms. The molecule has 0 aliphatic rings. The first-order valence-corrected chi connectivity index (χ1v) is 9.27. The second-order valence-corrected chi connectivity index (χ2v) is 10.8. The minimum Gasteiger partial charge on any atom is -0.543 e. The van der Waals surface area contributed by atoms with Crippen molar-refractivity contribution >= 4 is 8.32 Å². The van der Waals surface area contributed by atoms with Crippen LogP contribution in [0.3, 0.4) is 0 Å². The summed E-state index contributed by atoms with van der Waals surface area (Å²) in [7, 11) is -0.275. The van der Waals surface area contributed by atoms with E-state index in [2.05, 4.69) is 39.0 Å². The van der Waals surface area contributed by atoms with Crippen LogP contribution in [0.15, 0.2) is 23.4 Å². The van der Waals surface area contributed by atoms with Gasteiger partial charge in [-0.3, -0.25) is 0 Å². The van der Waals surface area contributed by atoms with Crippen LogP contribution < -0.4 is 9.16 Å². The first kappa shape index (κ1) is 15.7. The summed E-state index contributed by atoms with van der Waals surface area (Å²) in [6.45, 7) is 11.1. The largest absolute Gasteiger partial charge is 0.543 e. The van der Waals surface area contributed by atoms with E-state index in [1.165, 1.54) is 0 Å². The highest BCUT2D eigenvalue weighted by molar-refractivity contribution is 6.74. The number of nitroso groups, excluding NO2 is 1. The van der Waals surface area contributed by atoms with Gasteiger partial charge in [-0.2, -0.15) is 4.91 Å². The van der Waals surface area contributed by atoms with Gasteiger partial charge in [-0.1, -0.05) is 25.9 Å². The molecule has 0 spiro atoms. The predicted octanol–water partition coefficient (Wildman–Crippen LogP) is 4.35. The van der Waals surface area contributed by atoms with Crippen LogP contribution >= 0.6 is 0 Å². The molecule has 0 aliphatic carbocycles. The lowest BCUT2D eigenvalue weighted by Gasteiger charge is -2.36. The molecule has 4 nitrogen and oxygen atoms in total. The summed E-state index contributed by atoms with van der Waals surface area (Å²) in [5, 5.41) is 3.04. The van der Waals surface area contributed by atoms with Crippen molar-refractivity contribution in [2.75, 3.05) is 7.11 Å². The molecule has 106 valence electrons. The first-order chi connectivity index (χ1) is 8.71. The molecule has 0 aliphatic heterocycles. The minimum absolute atomic E-state index is 0.115. The van der Waals surface area contributed by atoms with Crippen molar-refractivity contribution in [2.24, 2.45) is 5.18 Å². The molecular formula is C14H23NO3Si. The number of hydrogen-bond acceptors (Lipinski definition) is 4. The molecule has 0 fully saturated rings. The normalized spacial score (nSPS) is 12.1. The molecule has 0 saturated carbocycles. The fourth-order valence-electron chi connectivity index (χ4n) is 1.44. The maximum Gasteiger partial charge on any atom is 0.250 e. The standard InChI is InChI=1S/C14H23NO3Si/c1-14(2,3)19(5,6)18-12-8-7-11(10-15-16)13(9-12)17-4/h7-9H,10H2,1-6H3. The number of nitrogens with zero attached hydrogens (tertiary/aromatic N) is 1. The fraction of sp³-hybridized carbons (Fsp3) is 0.571. The highest BCUT2D eigenvalue weighted by atomic mass is 28.4. The van der Waals surface area contributed by atoms with Crippen molar-refractivity contribution in [1.82, 2.24) is 0 Å². The van der Waals surface area contributed by atoms with Gasteiger partial charge >= 0.3 is 0 Å². The Bertz CT molecular complexity index is 452. The van der Waals surface area contributed by atoms with Gasteiger partial charge < -0.3 is 9.16 Å². The predicted molar refractivity (Wildman–Crippen MR) is 80.3 cm³/mol. The van der Waals surface area contributed by atoms with Crippen LogP contribution in [0.4, 0.5) is 0 Å². The number of ether oxygens (including phenoxy) is 1. The third-order valence-electron chi connectivity index (χ3n) is 3.67. The Balaban J connectivity index is 3.01. The molecule has 0 saturated heterocycles. The van der Waals surface area contributed by atoms with Gasteiger partial charge in [0.25, 0.3) is 0 Å². The van der Waals surface area contributed by atoms with Gasteiger partial charge in [0.1, 0.15) is 18.0 Å². The summed E-state index contributed by atoms with van der Waals surface area (Å²) in [6.07, 6.45) is 0. The van der Waals surface area contributed by atoms with Crippen LogP contribution in [0.1, 0.15) is 26.3 Å². The van der Waals surface area contributed by atoms with E-state index >= 15 is 0 Å². The Kier molecular flexibility index (Phi) is 4.74. The third-order valence-corrected chi connectivity index (χ3v) is 8.03. The smallest absolute Gasteiger partial charge is 0.250 e. The zero-order valence-electron chi connectivity index (χ0n) is 12.6. The lowest BCUT2D eigenvalue weighted by Crippen LogP contribution is -2.43. The molecule has 0 radical (unpaired) electrons. The van der Waals surface area contributed by atoms with Crippen molar-refractivity contribution in [1.29, 1.82) is 0 Å². The number of benzene rings is 1. The van der Waals surface area contributed by atoms with E-state index < -0.39 is 8.32 Å². The Morgan fingerprint density at radius 3 is 2.37 bits per heavy atom. The third kappa shape index (κ3) is 3.80. The van der Waals surface area contributed by atoms with Crippen molar-refractivity contribution < 1.29 is 9.16 Å². The summed E-state index contributed by atoms with van der Waals surface area (Å²) < 4.78 is 11.5. The Morgan fingerprint density at radius 1 is 1.26 bits per heavy atom. The topological polar surface area (TPSA) is 47.9 Å². The molecule has 1 aromatic rings. The Hall–Kier alpha value is -1.36. The minimum atomic E-state index is -1.86. The molecule has 0 aromatic heterocycles. The van der Waals surface area contributed by atoms with Crippen molar-refractivity contribution in [3.8, 4) is 11.5 Å². The second-order valence-electron chi connectivity index (χ2n) is 6.12. The molecule has 0 amide bonds. The Morgan fingerprint density at radius 2 is 1.89 bits per heavy atom. The van der Waals surface area contributed by atoms with Crippen LogP contribution in [0.2, 0.25) is 18.1 Å². The summed E-state index contributed by atoms with van der Waals surface area (Å²) >= 11 is 0. The van der Waals surface area contributed by atoms with Gasteiger partial charge in [-0.05, 0) is 30.3 Å². The van der Waals surface area contributed by atoms with E-state index in [1.807, 2.05) is 18.2 Å².